The van der Waals surface area contributed by atoms with Gasteiger partial charge in [-0.15, -0.1) is 5.73 Å². The first kappa shape index (κ1) is 18.5. The van der Waals surface area contributed by atoms with Crippen LogP contribution in [-0.2, 0) is 0 Å². The third-order valence-electron chi connectivity index (χ3n) is 2.51. The van der Waals surface area contributed by atoms with Crippen LogP contribution in [0.1, 0.15) is 10.4 Å². The minimum Gasteiger partial charge on any atom is -0.461 e. The van der Waals surface area contributed by atoms with Crippen molar-refractivity contribution >= 4 is 6.29 Å². The van der Waals surface area contributed by atoms with Crippen LogP contribution in [0.4, 0.5) is 0 Å². The SMILES string of the molecule is C=C=C/C=C/C=C\Oc1ccc(C=O)cc1OC=C=C/C=C/C=C. The molecule has 1 aromatic carbocycles. The summed E-state index contributed by atoms with van der Waals surface area (Å²) < 4.78 is 11.0. The third kappa shape index (κ3) is 7.48. The molecule has 24 heavy (non-hydrogen) atoms. The van der Waals surface area contributed by atoms with E-state index in [1.165, 1.54) is 12.5 Å². The van der Waals surface area contributed by atoms with Crippen molar-refractivity contribution in [2.24, 2.45) is 0 Å². The van der Waals surface area contributed by atoms with Crippen LogP contribution in [0, 0.1) is 0 Å². The summed E-state index contributed by atoms with van der Waals surface area (Å²) in [4.78, 5) is 10.9. The number of hydrogen-bond acceptors (Lipinski definition) is 3. The lowest BCUT2D eigenvalue weighted by molar-refractivity contribution is 0.112. The highest BCUT2D eigenvalue weighted by Gasteiger charge is 2.04. The second kappa shape index (κ2) is 12.1. The molecule has 0 bridgehead atoms. The Morgan fingerprint density at radius 3 is 2.54 bits per heavy atom. The van der Waals surface area contributed by atoms with E-state index in [4.69, 9.17) is 9.47 Å². The fourth-order valence-corrected chi connectivity index (χ4v) is 1.46. The van der Waals surface area contributed by atoms with Crippen molar-refractivity contribution in [3.63, 3.8) is 0 Å². The van der Waals surface area contributed by atoms with E-state index in [1.807, 2.05) is 0 Å². The van der Waals surface area contributed by atoms with Crippen LogP contribution in [0.25, 0.3) is 0 Å². The van der Waals surface area contributed by atoms with Gasteiger partial charge in [0.25, 0.3) is 0 Å². The van der Waals surface area contributed by atoms with Crippen molar-refractivity contribution < 1.29 is 14.3 Å². The Morgan fingerprint density at radius 1 is 0.958 bits per heavy atom. The molecule has 0 N–H and O–H groups in total. The number of ether oxygens (including phenoxy) is 2. The molecule has 0 aliphatic rings. The Morgan fingerprint density at radius 2 is 1.79 bits per heavy atom. The lowest BCUT2D eigenvalue weighted by Gasteiger charge is -2.07. The number of carbonyl (C=O) groups is 1. The lowest BCUT2D eigenvalue weighted by atomic mass is 10.2. The summed E-state index contributed by atoms with van der Waals surface area (Å²) in [7, 11) is 0. The van der Waals surface area contributed by atoms with Gasteiger partial charge in [-0.1, -0.05) is 49.3 Å². The molecule has 120 valence electrons. The van der Waals surface area contributed by atoms with Crippen molar-refractivity contribution in [2.75, 3.05) is 0 Å². The van der Waals surface area contributed by atoms with Crippen LogP contribution in [-0.4, -0.2) is 6.29 Å². The lowest BCUT2D eigenvalue weighted by Crippen LogP contribution is -1.90. The van der Waals surface area contributed by atoms with Gasteiger partial charge in [-0.25, -0.2) is 0 Å². The van der Waals surface area contributed by atoms with Crippen LogP contribution in [0.15, 0.2) is 104 Å². The number of hydrogen-bond donors (Lipinski definition) is 0. The molecule has 3 nitrogen and oxygen atoms in total. The highest BCUT2D eigenvalue weighted by molar-refractivity contribution is 5.76. The van der Waals surface area contributed by atoms with E-state index >= 15 is 0 Å². The Bertz CT molecular complexity index is 751. The normalized spacial score (nSPS) is 10.2. The minimum atomic E-state index is 0.410. The summed E-state index contributed by atoms with van der Waals surface area (Å²) in [5, 5.41) is 0. The molecule has 0 aliphatic heterocycles. The van der Waals surface area contributed by atoms with Gasteiger partial charge in [-0.3, -0.25) is 4.79 Å². The molecule has 0 atom stereocenters. The van der Waals surface area contributed by atoms with Crippen molar-refractivity contribution in [3.8, 4) is 11.5 Å². The molecule has 0 saturated heterocycles. The predicted octanol–water partition coefficient (Wildman–Crippen LogP) is 5.08. The zero-order chi connectivity index (χ0) is 17.5. The predicted molar refractivity (Wildman–Crippen MR) is 97.1 cm³/mol. The maximum atomic E-state index is 10.9. The van der Waals surface area contributed by atoms with E-state index in [2.05, 4.69) is 24.6 Å². The summed E-state index contributed by atoms with van der Waals surface area (Å²) in [5.74, 6) is 0.886. The smallest absolute Gasteiger partial charge is 0.170 e. The number of rotatable bonds is 9. The maximum absolute atomic E-state index is 10.9. The van der Waals surface area contributed by atoms with Gasteiger partial charge in [0, 0.05) is 5.56 Å². The molecule has 0 unspecified atom stereocenters. The molecule has 0 aliphatic carbocycles. The Labute approximate surface area is 142 Å². The average Bonchev–Trinajstić information content (AvgIpc) is 2.61. The zero-order valence-corrected chi connectivity index (χ0v) is 13.2. The van der Waals surface area contributed by atoms with E-state index in [0.29, 0.717) is 17.1 Å². The fraction of sp³-hybridized carbons (Fsp3) is 0. The van der Waals surface area contributed by atoms with Crippen LogP contribution < -0.4 is 9.47 Å². The molecule has 0 fully saturated rings. The molecule has 0 aromatic heterocycles. The Balaban J connectivity index is 2.85. The molecule has 0 spiro atoms. The Kier molecular flexibility index (Phi) is 9.33. The largest absolute Gasteiger partial charge is 0.461 e. The first-order chi connectivity index (χ1) is 11.8. The monoisotopic (exact) mass is 318 g/mol. The van der Waals surface area contributed by atoms with Crippen molar-refractivity contribution in [2.45, 2.75) is 0 Å². The maximum Gasteiger partial charge on any atom is 0.170 e. The van der Waals surface area contributed by atoms with Gasteiger partial charge in [-0.05, 0) is 36.4 Å². The fourth-order valence-electron chi connectivity index (χ4n) is 1.46. The summed E-state index contributed by atoms with van der Waals surface area (Å²) in [6.07, 6.45) is 17.4. The summed E-state index contributed by atoms with van der Waals surface area (Å²) in [5.41, 5.74) is 5.94. The minimum absolute atomic E-state index is 0.410. The number of carbonyl (C=O) groups excluding carboxylic acids is 1. The molecular weight excluding hydrogens is 300 g/mol. The second-order valence-corrected chi connectivity index (χ2v) is 4.22. The summed E-state index contributed by atoms with van der Waals surface area (Å²) in [6, 6.07) is 4.89. The van der Waals surface area contributed by atoms with Gasteiger partial charge in [0.15, 0.2) is 11.5 Å². The van der Waals surface area contributed by atoms with Crippen LogP contribution in [0.5, 0.6) is 11.5 Å². The summed E-state index contributed by atoms with van der Waals surface area (Å²) in [6.45, 7) is 7.02. The number of allylic oxidation sites excluding steroid dienone is 8. The van der Waals surface area contributed by atoms with Gasteiger partial charge in [0.2, 0.25) is 0 Å². The average molecular weight is 318 g/mol. The molecule has 0 radical (unpaired) electrons. The van der Waals surface area contributed by atoms with Gasteiger partial charge in [0.1, 0.15) is 12.5 Å². The van der Waals surface area contributed by atoms with E-state index in [1.54, 1.807) is 66.8 Å². The molecule has 0 heterocycles. The van der Waals surface area contributed by atoms with Crippen LogP contribution >= 0.6 is 0 Å². The van der Waals surface area contributed by atoms with Crippen molar-refractivity contribution in [1.29, 1.82) is 0 Å². The van der Waals surface area contributed by atoms with E-state index in [9.17, 15) is 4.79 Å². The third-order valence-corrected chi connectivity index (χ3v) is 2.51. The van der Waals surface area contributed by atoms with Crippen LogP contribution in [0.3, 0.4) is 0 Å². The highest BCUT2D eigenvalue weighted by atomic mass is 16.5. The first-order valence-electron chi connectivity index (χ1n) is 7.10. The molecule has 1 rings (SSSR count). The first-order valence-corrected chi connectivity index (χ1v) is 7.10. The van der Waals surface area contributed by atoms with E-state index < -0.39 is 0 Å². The Hall–Kier alpha value is -3.51. The molecule has 1 aromatic rings. The molecule has 3 heteroatoms. The zero-order valence-electron chi connectivity index (χ0n) is 13.2. The second-order valence-electron chi connectivity index (χ2n) is 4.22. The number of benzene rings is 1. The summed E-state index contributed by atoms with van der Waals surface area (Å²) >= 11 is 0. The number of aldehydes is 1. The van der Waals surface area contributed by atoms with Gasteiger partial charge in [0.05, 0.1) is 6.26 Å². The quantitative estimate of drug-likeness (QED) is 0.276. The standard InChI is InChI=1S/C21H18O3/c1-3-5-7-9-11-15-23-20-14-13-19(18-22)17-21(20)24-16-12-10-8-6-4-2/h4-11,13-18H,1-2H2/b8-6+,9-7+,15-11-. The van der Waals surface area contributed by atoms with Gasteiger partial charge >= 0.3 is 0 Å². The molecule has 0 saturated carbocycles. The van der Waals surface area contributed by atoms with E-state index in [0.717, 1.165) is 6.29 Å². The topological polar surface area (TPSA) is 35.5 Å². The highest BCUT2D eigenvalue weighted by Crippen LogP contribution is 2.28. The molecular formula is C21H18O3. The molecule has 0 amide bonds. The van der Waals surface area contributed by atoms with Gasteiger partial charge in [-0.2, -0.15) is 0 Å². The van der Waals surface area contributed by atoms with Crippen molar-refractivity contribution in [3.05, 3.63) is 110 Å². The van der Waals surface area contributed by atoms with E-state index in [-0.39, 0.29) is 0 Å². The van der Waals surface area contributed by atoms with Gasteiger partial charge < -0.3 is 9.47 Å². The van der Waals surface area contributed by atoms with Crippen molar-refractivity contribution in [1.82, 2.24) is 0 Å². The van der Waals surface area contributed by atoms with Crippen LogP contribution in [0.2, 0.25) is 0 Å².